The van der Waals surface area contributed by atoms with E-state index in [9.17, 15) is 9.59 Å². The van der Waals surface area contributed by atoms with E-state index in [4.69, 9.17) is 9.84 Å². The minimum atomic E-state index is -0.323. The average molecular weight is 453 g/mol. The number of nitrogens with one attached hydrogen (secondary N) is 1. The minimum absolute atomic E-state index is 0.110. The molecule has 2 aliphatic rings. The van der Waals surface area contributed by atoms with E-state index in [1.807, 2.05) is 31.2 Å². The highest BCUT2D eigenvalue weighted by atomic mass is 32.1. The van der Waals surface area contributed by atoms with Crippen LogP contribution in [0.5, 0.6) is 0 Å². The summed E-state index contributed by atoms with van der Waals surface area (Å²) in [5, 5.41) is 8.89. The molecule has 3 heterocycles. The Labute approximate surface area is 191 Å². The second-order valence-electron chi connectivity index (χ2n) is 8.55. The largest absolute Gasteiger partial charge is 0.449 e. The predicted octanol–water partition coefficient (Wildman–Crippen LogP) is 5.68. The van der Waals surface area contributed by atoms with Gasteiger partial charge in [-0.1, -0.05) is 19.3 Å². The monoisotopic (exact) mass is 452 g/mol. The van der Waals surface area contributed by atoms with Crippen molar-refractivity contribution < 1.29 is 14.3 Å². The number of benzene rings is 1. The average Bonchev–Trinajstić information content (AvgIpc) is 3.49. The quantitative estimate of drug-likeness (QED) is 0.552. The Kier molecular flexibility index (Phi) is 5.63. The van der Waals surface area contributed by atoms with Crippen LogP contribution in [0.3, 0.4) is 0 Å². The lowest BCUT2D eigenvalue weighted by Crippen LogP contribution is -2.29. The van der Waals surface area contributed by atoms with Gasteiger partial charge >= 0.3 is 6.09 Å². The van der Waals surface area contributed by atoms with Gasteiger partial charge in [0.1, 0.15) is 4.83 Å². The summed E-state index contributed by atoms with van der Waals surface area (Å²) >= 11 is 1.52. The van der Waals surface area contributed by atoms with Gasteiger partial charge in [-0.2, -0.15) is 5.10 Å². The normalized spacial score (nSPS) is 16.4. The molecule has 3 aromatic rings. The van der Waals surface area contributed by atoms with Crippen molar-refractivity contribution in [1.82, 2.24) is 9.78 Å². The van der Waals surface area contributed by atoms with Crippen molar-refractivity contribution in [3.63, 3.8) is 0 Å². The molecule has 1 N–H and O–H groups in total. The zero-order valence-corrected chi connectivity index (χ0v) is 19.3. The van der Waals surface area contributed by atoms with E-state index >= 15 is 0 Å². The summed E-state index contributed by atoms with van der Waals surface area (Å²) in [6, 6.07) is 8.08. The van der Waals surface area contributed by atoms with Crippen molar-refractivity contribution in [2.75, 3.05) is 23.4 Å². The number of anilines is 2. The van der Waals surface area contributed by atoms with Gasteiger partial charge in [0.2, 0.25) is 0 Å². The van der Waals surface area contributed by atoms with E-state index < -0.39 is 0 Å². The Bertz CT molecular complexity index is 1180. The number of thiophene rings is 1. The van der Waals surface area contributed by atoms with Crippen LogP contribution in [0, 0.1) is 6.92 Å². The molecule has 168 valence electrons. The summed E-state index contributed by atoms with van der Waals surface area (Å²) in [5.41, 5.74) is 3.61. The lowest BCUT2D eigenvalue weighted by atomic mass is 9.96. The zero-order chi connectivity index (χ0) is 22.2. The van der Waals surface area contributed by atoms with Crippen molar-refractivity contribution in [2.24, 2.45) is 0 Å². The van der Waals surface area contributed by atoms with Gasteiger partial charge in [-0.15, -0.1) is 11.3 Å². The smallest absolute Gasteiger partial charge is 0.414 e. The van der Waals surface area contributed by atoms with Gasteiger partial charge < -0.3 is 10.1 Å². The topological polar surface area (TPSA) is 76.5 Å². The third-order valence-corrected chi connectivity index (χ3v) is 7.56. The van der Waals surface area contributed by atoms with Crippen LogP contribution < -0.4 is 10.2 Å². The summed E-state index contributed by atoms with van der Waals surface area (Å²) in [6.07, 6.45) is 6.54. The molecule has 32 heavy (non-hydrogen) atoms. The molecule has 1 aliphatic heterocycles. The lowest BCUT2D eigenvalue weighted by Gasteiger charge is -2.22. The van der Waals surface area contributed by atoms with Crippen LogP contribution in [0.15, 0.2) is 24.3 Å². The fraction of sp³-hybridized carbons (Fsp3) is 0.458. The first-order valence-corrected chi connectivity index (χ1v) is 12.2. The van der Waals surface area contributed by atoms with E-state index in [1.54, 1.807) is 11.8 Å². The highest BCUT2D eigenvalue weighted by Crippen LogP contribution is 2.36. The summed E-state index contributed by atoms with van der Waals surface area (Å²) < 4.78 is 7.29. The van der Waals surface area contributed by atoms with Crippen molar-refractivity contribution in [3.05, 3.63) is 40.4 Å². The van der Waals surface area contributed by atoms with Crippen LogP contribution in [0.4, 0.5) is 16.2 Å². The van der Waals surface area contributed by atoms with Crippen LogP contribution in [0.25, 0.3) is 10.2 Å². The van der Waals surface area contributed by atoms with Gasteiger partial charge in [0.15, 0.2) is 0 Å². The Morgan fingerprint density at radius 2 is 2.03 bits per heavy atom. The Morgan fingerprint density at radius 3 is 2.81 bits per heavy atom. The van der Waals surface area contributed by atoms with E-state index in [0.29, 0.717) is 24.1 Å². The molecule has 0 atom stereocenters. The fourth-order valence-corrected chi connectivity index (χ4v) is 5.95. The molecule has 1 aromatic carbocycles. The van der Waals surface area contributed by atoms with Gasteiger partial charge in [0, 0.05) is 17.6 Å². The van der Waals surface area contributed by atoms with E-state index in [0.717, 1.165) is 52.1 Å². The molecular weight excluding hydrogens is 424 g/mol. The van der Waals surface area contributed by atoms with E-state index in [2.05, 4.69) is 10.00 Å². The van der Waals surface area contributed by atoms with Gasteiger partial charge in [0.25, 0.3) is 5.91 Å². The van der Waals surface area contributed by atoms with Crippen LogP contribution in [-0.2, 0) is 11.2 Å². The molecule has 0 bridgehead atoms. The maximum Gasteiger partial charge on any atom is 0.414 e. The number of hydrogen-bond donors (Lipinski definition) is 1. The van der Waals surface area contributed by atoms with Crippen LogP contribution in [0.2, 0.25) is 0 Å². The molecular formula is C24H28N4O3S. The Morgan fingerprint density at radius 1 is 1.22 bits per heavy atom. The van der Waals surface area contributed by atoms with Crippen molar-refractivity contribution >= 4 is 44.9 Å². The first-order chi connectivity index (χ1) is 15.5. The molecule has 0 unspecified atom stereocenters. The van der Waals surface area contributed by atoms with Gasteiger partial charge in [-0.3, -0.25) is 14.4 Å². The molecule has 2 amide bonds. The summed E-state index contributed by atoms with van der Waals surface area (Å²) in [5.74, 6) is -0.110. The third kappa shape index (κ3) is 3.77. The second kappa shape index (κ2) is 8.58. The van der Waals surface area contributed by atoms with Gasteiger partial charge in [-0.25, -0.2) is 4.79 Å². The Balaban J connectivity index is 1.35. The standard InChI is InChI=1S/C24H28N4O3S/c1-3-31-24(30)27-12-11-16-13-17(9-10-20(16)27)25-22(29)21-14-19-15(2)26-28(23(19)32-21)18-7-5-4-6-8-18/h9-10,13-14,18H,3-8,11-12H2,1-2H3,(H,25,29). The van der Waals surface area contributed by atoms with E-state index in [-0.39, 0.29) is 12.0 Å². The summed E-state index contributed by atoms with van der Waals surface area (Å²) in [4.78, 5) is 28.6. The molecule has 0 radical (unpaired) electrons. The maximum atomic E-state index is 13.0. The van der Waals surface area contributed by atoms with Gasteiger partial charge in [-0.05, 0) is 62.9 Å². The number of rotatable bonds is 4. The number of hydrogen-bond acceptors (Lipinski definition) is 5. The molecule has 0 saturated heterocycles. The first-order valence-electron chi connectivity index (χ1n) is 11.4. The SMILES string of the molecule is CCOC(=O)N1CCc2cc(NC(=O)c3cc4c(C)nn(C5CCCCC5)c4s3)ccc21. The number of carbonyl (C=O) groups is 2. The molecule has 7 nitrogen and oxygen atoms in total. The molecule has 1 saturated carbocycles. The van der Waals surface area contributed by atoms with Crippen LogP contribution in [0.1, 0.15) is 66.0 Å². The third-order valence-electron chi connectivity index (χ3n) is 6.43. The minimum Gasteiger partial charge on any atom is -0.449 e. The van der Waals surface area contributed by atoms with Crippen LogP contribution >= 0.6 is 11.3 Å². The molecule has 2 aromatic heterocycles. The number of fused-ring (bicyclic) bond motifs is 2. The number of nitrogens with zero attached hydrogens (tertiary/aromatic N) is 3. The second-order valence-corrected chi connectivity index (χ2v) is 9.58. The van der Waals surface area contributed by atoms with Crippen molar-refractivity contribution in [1.29, 1.82) is 0 Å². The highest BCUT2D eigenvalue weighted by Gasteiger charge is 2.26. The van der Waals surface area contributed by atoms with Gasteiger partial charge in [0.05, 0.1) is 28.9 Å². The fourth-order valence-electron chi connectivity index (χ4n) is 4.82. The lowest BCUT2D eigenvalue weighted by molar-refractivity contribution is 0.103. The summed E-state index contributed by atoms with van der Waals surface area (Å²) in [7, 11) is 0. The van der Waals surface area contributed by atoms with Crippen molar-refractivity contribution in [2.45, 2.75) is 58.4 Å². The molecule has 0 spiro atoms. The highest BCUT2D eigenvalue weighted by molar-refractivity contribution is 7.20. The number of ether oxygens (including phenoxy) is 1. The van der Waals surface area contributed by atoms with E-state index in [1.165, 1.54) is 30.6 Å². The first kappa shape index (κ1) is 21.0. The predicted molar refractivity (Wildman–Crippen MR) is 127 cm³/mol. The number of amides is 2. The molecule has 8 heteroatoms. The molecule has 1 fully saturated rings. The van der Waals surface area contributed by atoms with Crippen molar-refractivity contribution in [3.8, 4) is 0 Å². The zero-order valence-electron chi connectivity index (χ0n) is 18.5. The Hall–Kier alpha value is -2.87. The number of carbonyl (C=O) groups excluding carboxylic acids is 2. The molecule has 1 aliphatic carbocycles. The number of aryl methyl sites for hydroxylation is 1. The van der Waals surface area contributed by atoms with Crippen LogP contribution in [-0.4, -0.2) is 34.9 Å². The molecule has 5 rings (SSSR count). The summed E-state index contributed by atoms with van der Waals surface area (Å²) in [6.45, 7) is 4.77. The maximum absolute atomic E-state index is 13.0. The number of aromatic nitrogens is 2.